The maximum atomic E-state index is 13.0. The van der Waals surface area contributed by atoms with Gasteiger partial charge in [-0.2, -0.15) is 0 Å². The number of likely N-dealkylation sites (N-methyl/N-ethyl adjacent to an activating group) is 1. The standard InChI is InChI=1S/C25H30N4O4/c1-17-13-19(3-5-21(17)28-9-7-27(2)8-10-28)26-25(31)18-14-24(30)29(16-18)20-4-6-22-23(15-20)33-12-11-32-22/h3-6,13,15,18H,7-12,14,16H2,1-2H3,(H,26,31). The molecule has 8 heteroatoms. The summed E-state index contributed by atoms with van der Waals surface area (Å²) >= 11 is 0. The molecule has 174 valence electrons. The van der Waals surface area contributed by atoms with E-state index in [1.807, 2.05) is 30.3 Å². The molecular weight excluding hydrogens is 420 g/mol. The summed E-state index contributed by atoms with van der Waals surface area (Å²) in [6.07, 6.45) is 0.193. The van der Waals surface area contributed by atoms with Gasteiger partial charge in [0, 0.05) is 62.3 Å². The molecule has 2 fully saturated rings. The Balaban J connectivity index is 1.23. The molecule has 2 aromatic carbocycles. The number of ether oxygens (including phenoxy) is 2. The number of benzene rings is 2. The van der Waals surface area contributed by atoms with Crippen LogP contribution >= 0.6 is 0 Å². The zero-order chi connectivity index (χ0) is 22.9. The molecule has 0 spiro atoms. The van der Waals surface area contributed by atoms with E-state index in [4.69, 9.17) is 9.47 Å². The molecule has 8 nitrogen and oxygen atoms in total. The largest absolute Gasteiger partial charge is 0.486 e. The van der Waals surface area contributed by atoms with Crippen LogP contribution in [0, 0.1) is 12.8 Å². The molecule has 2 amide bonds. The average Bonchev–Trinajstić information content (AvgIpc) is 3.21. The molecule has 3 aliphatic heterocycles. The third-order valence-electron chi connectivity index (χ3n) is 6.64. The van der Waals surface area contributed by atoms with E-state index in [1.54, 1.807) is 4.90 Å². The highest BCUT2D eigenvalue weighted by Crippen LogP contribution is 2.36. The molecule has 1 atom stereocenters. The van der Waals surface area contributed by atoms with Gasteiger partial charge in [0.15, 0.2) is 11.5 Å². The number of piperazine rings is 1. The molecule has 1 N–H and O–H groups in total. The fourth-order valence-electron chi connectivity index (χ4n) is 4.71. The molecule has 3 aliphatic rings. The minimum absolute atomic E-state index is 0.0616. The Labute approximate surface area is 194 Å². The summed E-state index contributed by atoms with van der Waals surface area (Å²) in [7, 11) is 2.14. The van der Waals surface area contributed by atoms with Gasteiger partial charge >= 0.3 is 0 Å². The second-order valence-corrected chi connectivity index (χ2v) is 9.01. The lowest BCUT2D eigenvalue weighted by molar-refractivity contribution is -0.122. The van der Waals surface area contributed by atoms with E-state index in [9.17, 15) is 9.59 Å². The van der Waals surface area contributed by atoms with Crippen LogP contribution in [0.15, 0.2) is 36.4 Å². The highest BCUT2D eigenvalue weighted by Gasteiger charge is 2.35. The predicted molar refractivity (Wildman–Crippen MR) is 127 cm³/mol. The Kier molecular flexibility index (Phi) is 5.85. The van der Waals surface area contributed by atoms with Crippen molar-refractivity contribution in [1.29, 1.82) is 0 Å². The first-order chi connectivity index (χ1) is 16.0. The molecule has 0 aromatic heterocycles. The first-order valence-electron chi connectivity index (χ1n) is 11.5. The maximum absolute atomic E-state index is 13.0. The molecule has 2 aromatic rings. The van der Waals surface area contributed by atoms with Gasteiger partial charge in [-0.25, -0.2) is 0 Å². The van der Waals surface area contributed by atoms with Gasteiger partial charge < -0.3 is 29.5 Å². The predicted octanol–water partition coefficient (Wildman–Crippen LogP) is 2.51. The van der Waals surface area contributed by atoms with E-state index in [0.29, 0.717) is 31.3 Å². The summed E-state index contributed by atoms with van der Waals surface area (Å²) < 4.78 is 11.2. The second-order valence-electron chi connectivity index (χ2n) is 9.01. The van der Waals surface area contributed by atoms with Crippen molar-refractivity contribution in [3.8, 4) is 11.5 Å². The first-order valence-corrected chi connectivity index (χ1v) is 11.5. The summed E-state index contributed by atoms with van der Waals surface area (Å²) in [4.78, 5) is 32.0. The number of anilines is 3. The van der Waals surface area contributed by atoms with Crippen molar-refractivity contribution in [2.75, 3.05) is 68.1 Å². The maximum Gasteiger partial charge on any atom is 0.229 e. The number of amides is 2. The number of aryl methyl sites for hydroxylation is 1. The minimum Gasteiger partial charge on any atom is -0.486 e. The lowest BCUT2D eigenvalue weighted by Crippen LogP contribution is -2.44. The summed E-state index contributed by atoms with van der Waals surface area (Å²) in [5.74, 6) is 0.726. The molecule has 33 heavy (non-hydrogen) atoms. The van der Waals surface area contributed by atoms with Crippen molar-refractivity contribution in [3.05, 3.63) is 42.0 Å². The Bertz CT molecular complexity index is 1060. The highest BCUT2D eigenvalue weighted by molar-refractivity contribution is 6.03. The molecule has 2 saturated heterocycles. The lowest BCUT2D eigenvalue weighted by Gasteiger charge is -2.35. The SMILES string of the molecule is Cc1cc(NC(=O)C2CC(=O)N(c3ccc4c(c3)OCCO4)C2)ccc1N1CCN(C)CC1. The molecule has 5 rings (SSSR count). The van der Waals surface area contributed by atoms with Crippen LogP contribution in [0.25, 0.3) is 0 Å². The zero-order valence-electron chi connectivity index (χ0n) is 19.2. The normalized spacial score (nSPS) is 20.8. The number of hydrogen-bond donors (Lipinski definition) is 1. The smallest absolute Gasteiger partial charge is 0.229 e. The van der Waals surface area contributed by atoms with Crippen LogP contribution in [-0.2, 0) is 9.59 Å². The van der Waals surface area contributed by atoms with Crippen LogP contribution in [0.1, 0.15) is 12.0 Å². The van der Waals surface area contributed by atoms with Gasteiger partial charge in [-0.3, -0.25) is 9.59 Å². The number of hydrogen-bond acceptors (Lipinski definition) is 6. The Morgan fingerprint density at radius 2 is 1.76 bits per heavy atom. The highest BCUT2D eigenvalue weighted by atomic mass is 16.6. The van der Waals surface area contributed by atoms with Crippen LogP contribution in [-0.4, -0.2) is 69.7 Å². The summed E-state index contributed by atoms with van der Waals surface area (Å²) in [6.45, 7) is 7.54. The fraction of sp³-hybridized carbons (Fsp3) is 0.440. The number of nitrogens with one attached hydrogen (secondary N) is 1. The third kappa shape index (κ3) is 4.48. The van der Waals surface area contributed by atoms with Gasteiger partial charge in [0.05, 0.1) is 5.92 Å². The monoisotopic (exact) mass is 450 g/mol. The Morgan fingerprint density at radius 1 is 1.00 bits per heavy atom. The zero-order valence-corrected chi connectivity index (χ0v) is 19.2. The van der Waals surface area contributed by atoms with Crippen LogP contribution in [0.5, 0.6) is 11.5 Å². The van der Waals surface area contributed by atoms with E-state index in [-0.39, 0.29) is 18.2 Å². The van der Waals surface area contributed by atoms with E-state index >= 15 is 0 Å². The van der Waals surface area contributed by atoms with Crippen LogP contribution in [0.3, 0.4) is 0 Å². The third-order valence-corrected chi connectivity index (χ3v) is 6.64. The van der Waals surface area contributed by atoms with Crippen molar-refractivity contribution >= 4 is 28.9 Å². The molecule has 0 bridgehead atoms. The van der Waals surface area contributed by atoms with Crippen LogP contribution < -0.4 is 24.6 Å². The van der Waals surface area contributed by atoms with Crippen molar-refractivity contribution in [2.45, 2.75) is 13.3 Å². The number of nitrogens with zero attached hydrogens (tertiary/aromatic N) is 3. The van der Waals surface area contributed by atoms with E-state index < -0.39 is 5.92 Å². The van der Waals surface area contributed by atoms with E-state index in [0.717, 1.165) is 43.1 Å². The van der Waals surface area contributed by atoms with Gasteiger partial charge in [0.25, 0.3) is 0 Å². The number of carbonyl (C=O) groups excluding carboxylic acids is 2. The van der Waals surface area contributed by atoms with Gasteiger partial charge in [-0.1, -0.05) is 0 Å². The van der Waals surface area contributed by atoms with E-state index in [1.165, 1.54) is 5.69 Å². The molecule has 0 aliphatic carbocycles. The summed E-state index contributed by atoms with van der Waals surface area (Å²) in [6, 6.07) is 11.5. The fourth-order valence-corrected chi connectivity index (χ4v) is 4.71. The van der Waals surface area contributed by atoms with Gasteiger partial charge in [-0.15, -0.1) is 0 Å². The van der Waals surface area contributed by atoms with Crippen LogP contribution in [0.2, 0.25) is 0 Å². The van der Waals surface area contributed by atoms with Gasteiger partial charge in [0.1, 0.15) is 13.2 Å². The summed E-state index contributed by atoms with van der Waals surface area (Å²) in [5.41, 5.74) is 3.84. The number of rotatable bonds is 4. The average molecular weight is 451 g/mol. The Morgan fingerprint density at radius 3 is 2.52 bits per heavy atom. The molecule has 1 unspecified atom stereocenters. The van der Waals surface area contributed by atoms with Crippen LogP contribution in [0.4, 0.5) is 17.1 Å². The quantitative estimate of drug-likeness (QED) is 0.772. The topological polar surface area (TPSA) is 74.3 Å². The van der Waals surface area contributed by atoms with E-state index in [2.05, 4.69) is 35.2 Å². The molecule has 0 radical (unpaired) electrons. The number of carbonyl (C=O) groups is 2. The second kappa shape index (κ2) is 8.94. The van der Waals surface area contributed by atoms with Gasteiger partial charge in [-0.05, 0) is 49.9 Å². The van der Waals surface area contributed by atoms with Crippen molar-refractivity contribution in [2.24, 2.45) is 5.92 Å². The van der Waals surface area contributed by atoms with Crippen molar-refractivity contribution in [1.82, 2.24) is 4.90 Å². The molecule has 3 heterocycles. The summed E-state index contributed by atoms with van der Waals surface area (Å²) in [5, 5.41) is 3.02. The van der Waals surface area contributed by atoms with Crippen molar-refractivity contribution in [3.63, 3.8) is 0 Å². The minimum atomic E-state index is -0.400. The van der Waals surface area contributed by atoms with Gasteiger partial charge in [0.2, 0.25) is 11.8 Å². The number of fused-ring (bicyclic) bond motifs is 1. The lowest BCUT2D eigenvalue weighted by atomic mass is 10.1. The first kappa shape index (κ1) is 21.6. The molecule has 0 saturated carbocycles. The molecular formula is C25H30N4O4. The Hall–Kier alpha value is -3.26. The van der Waals surface area contributed by atoms with Crippen molar-refractivity contribution < 1.29 is 19.1 Å².